The Morgan fingerprint density at radius 3 is 2.55 bits per heavy atom. The molecule has 0 heterocycles. The minimum atomic E-state index is -0.0862. The number of benzene rings is 2. The van der Waals surface area contributed by atoms with Crippen LogP contribution >= 0.6 is 15.9 Å². The molecule has 0 saturated carbocycles. The van der Waals surface area contributed by atoms with Gasteiger partial charge in [0.1, 0.15) is 5.75 Å². The fraction of sp³-hybridized carbons (Fsp3) is 0.133. The van der Waals surface area contributed by atoms with Crippen molar-refractivity contribution in [2.45, 2.75) is 6.42 Å². The summed E-state index contributed by atoms with van der Waals surface area (Å²) in [6.45, 7) is 0. The summed E-state index contributed by atoms with van der Waals surface area (Å²) < 4.78 is 5.89. The summed E-state index contributed by atoms with van der Waals surface area (Å²) in [6, 6.07) is 12.7. The minimum absolute atomic E-state index is 0.0862. The van der Waals surface area contributed by atoms with Gasteiger partial charge in [0.25, 0.3) is 0 Å². The van der Waals surface area contributed by atoms with Gasteiger partial charge in [-0.2, -0.15) is 0 Å². The van der Waals surface area contributed by atoms with Gasteiger partial charge < -0.3 is 15.8 Å². The van der Waals surface area contributed by atoms with Gasteiger partial charge in [-0.3, -0.25) is 4.79 Å². The molecule has 0 radical (unpaired) electrons. The monoisotopic (exact) mass is 334 g/mol. The Morgan fingerprint density at radius 2 is 1.95 bits per heavy atom. The van der Waals surface area contributed by atoms with E-state index in [4.69, 9.17) is 10.5 Å². The molecule has 0 aromatic heterocycles. The molecule has 1 amide bonds. The lowest BCUT2D eigenvalue weighted by Crippen LogP contribution is -2.14. The van der Waals surface area contributed by atoms with Crippen LogP contribution in [0.4, 0.5) is 11.4 Å². The van der Waals surface area contributed by atoms with E-state index in [0.717, 1.165) is 15.8 Å². The van der Waals surface area contributed by atoms with Crippen molar-refractivity contribution in [3.8, 4) is 5.75 Å². The molecule has 0 atom stereocenters. The standard InChI is InChI=1S/C15H15BrN2O2/c1-20-12-5-2-10(3-6-12)8-15(19)18-11-4-7-13(16)14(17)9-11/h2-7,9H,8,17H2,1H3,(H,18,19). The first-order valence-corrected chi connectivity index (χ1v) is 6.85. The summed E-state index contributed by atoms with van der Waals surface area (Å²) in [5.74, 6) is 0.687. The van der Waals surface area contributed by atoms with Crippen molar-refractivity contribution in [3.63, 3.8) is 0 Å². The number of methoxy groups -OCH3 is 1. The number of hydrogen-bond donors (Lipinski definition) is 2. The summed E-state index contributed by atoms with van der Waals surface area (Å²) >= 11 is 3.31. The van der Waals surface area contributed by atoms with Gasteiger partial charge >= 0.3 is 0 Å². The van der Waals surface area contributed by atoms with E-state index in [-0.39, 0.29) is 5.91 Å². The lowest BCUT2D eigenvalue weighted by Gasteiger charge is -2.07. The van der Waals surface area contributed by atoms with Gasteiger partial charge in [-0.15, -0.1) is 0 Å². The average Bonchev–Trinajstić information content (AvgIpc) is 2.44. The van der Waals surface area contributed by atoms with Gasteiger partial charge in [0.15, 0.2) is 0 Å². The van der Waals surface area contributed by atoms with Crippen LogP contribution in [0.5, 0.6) is 5.75 Å². The normalized spacial score (nSPS) is 10.1. The molecule has 3 N–H and O–H groups in total. The summed E-state index contributed by atoms with van der Waals surface area (Å²) in [6.07, 6.45) is 0.306. The van der Waals surface area contributed by atoms with Crippen LogP contribution in [0.2, 0.25) is 0 Å². The zero-order valence-electron chi connectivity index (χ0n) is 11.0. The van der Waals surface area contributed by atoms with Gasteiger partial charge in [-0.25, -0.2) is 0 Å². The van der Waals surface area contributed by atoms with E-state index in [0.29, 0.717) is 17.8 Å². The van der Waals surface area contributed by atoms with Crippen LogP contribution in [0.3, 0.4) is 0 Å². The van der Waals surface area contributed by atoms with Gasteiger partial charge in [0, 0.05) is 15.8 Å². The Bertz CT molecular complexity index is 612. The van der Waals surface area contributed by atoms with E-state index < -0.39 is 0 Å². The second kappa shape index (κ2) is 6.43. The van der Waals surface area contributed by atoms with Gasteiger partial charge in [0.2, 0.25) is 5.91 Å². The SMILES string of the molecule is COc1ccc(CC(=O)Nc2ccc(Br)c(N)c2)cc1. The van der Waals surface area contributed by atoms with Crippen molar-refractivity contribution in [3.05, 3.63) is 52.5 Å². The van der Waals surface area contributed by atoms with E-state index in [9.17, 15) is 4.79 Å². The van der Waals surface area contributed by atoms with E-state index in [1.807, 2.05) is 24.3 Å². The minimum Gasteiger partial charge on any atom is -0.497 e. The first-order valence-electron chi connectivity index (χ1n) is 6.06. The Balaban J connectivity index is 1.99. The molecule has 0 spiro atoms. The zero-order chi connectivity index (χ0) is 14.5. The average molecular weight is 335 g/mol. The van der Waals surface area contributed by atoms with Crippen LogP contribution in [0.1, 0.15) is 5.56 Å². The van der Waals surface area contributed by atoms with Crippen molar-refractivity contribution in [2.75, 3.05) is 18.2 Å². The number of ether oxygens (including phenoxy) is 1. The zero-order valence-corrected chi connectivity index (χ0v) is 12.6. The molecule has 0 aliphatic heterocycles. The molecule has 2 aromatic rings. The maximum absolute atomic E-state index is 11.9. The molecule has 0 bridgehead atoms. The number of amides is 1. The van der Waals surface area contributed by atoms with Crippen LogP contribution in [0.15, 0.2) is 46.9 Å². The molecule has 104 valence electrons. The summed E-state index contributed by atoms with van der Waals surface area (Å²) in [5, 5.41) is 2.82. The van der Waals surface area contributed by atoms with Crippen LogP contribution in [-0.2, 0) is 11.2 Å². The number of nitrogens with two attached hydrogens (primary N) is 1. The van der Waals surface area contributed by atoms with Crippen molar-refractivity contribution in [1.29, 1.82) is 0 Å². The number of anilines is 2. The van der Waals surface area contributed by atoms with Crippen LogP contribution in [0.25, 0.3) is 0 Å². The highest BCUT2D eigenvalue weighted by Gasteiger charge is 2.05. The molecule has 5 heteroatoms. The molecule has 0 aliphatic carbocycles. The molecular formula is C15H15BrN2O2. The van der Waals surface area contributed by atoms with Crippen molar-refractivity contribution < 1.29 is 9.53 Å². The molecule has 2 aromatic carbocycles. The highest BCUT2D eigenvalue weighted by molar-refractivity contribution is 9.10. The largest absolute Gasteiger partial charge is 0.497 e. The number of halogens is 1. The Hall–Kier alpha value is -2.01. The van der Waals surface area contributed by atoms with Gasteiger partial charge in [-0.05, 0) is 51.8 Å². The Morgan fingerprint density at radius 1 is 1.25 bits per heavy atom. The highest BCUT2D eigenvalue weighted by atomic mass is 79.9. The van der Waals surface area contributed by atoms with Crippen LogP contribution < -0.4 is 15.8 Å². The van der Waals surface area contributed by atoms with E-state index in [1.54, 1.807) is 25.3 Å². The van der Waals surface area contributed by atoms with Crippen molar-refractivity contribution in [1.82, 2.24) is 0 Å². The molecule has 4 nitrogen and oxygen atoms in total. The van der Waals surface area contributed by atoms with E-state index in [2.05, 4.69) is 21.2 Å². The predicted molar refractivity (Wildman–Crippen MR) is 83.9 cm³/mol. The van der Waals surface area contributed by atoms with Crippen molar-refractivity contribution in [2.24, 2.45) is 0 Å². The molecule has 0 aliphatic rings. The summed E-state index contributed by atoms with van der Waals surface area (Å²) in [7, 11) is 1.61. The number of carbonyl (C=O) groups excluding carboxylic acids is 1. The number of hydrogen-bond acceptors (Lipinski definition) is 3. The molecular weight excluding hydrogens is 320 g/mol. The first-order chi connectivity index (χ1) is 9.58. The van der Waals surface area contributed by atoms with Gasteiger partial charge in [0.05, 0.1) is 13.5 Å². The van der Waals surface area contributed by atoms with E-state index in [1.165, 1.54) is 0 Å². The number of nitrogen functional groups attached to an aromatic ring is 1. The fourth-order valence-corrected chi connectivity index (χ4v) is 2.00. The van der Waals surface area contributed by atoms with Crippen molar-refractivity contribution >= 4 is 33.2 Å². The quantitative estimate of drug-likeness (QED) is 0.843. The second-order valence-electron chi connectivity index (χ2n) is 4.31. The maximum atomic E-state index is 11.9. The van der Waals surface area contributed by atoms with E-state index >= 15 is 0 Å². The third-order valence-electron chi connectivity index (χ3n) is 2.80. The fourth-order valence-electron chi connectivity index (χ4n) is 1.76. The summed E-state index contributed by atoms with van der Waals surface area (Å²) in [5.41, 5.74) is 7.97. The Kier molecular flexibility index (Phi) is 4.63. The number of carbonyl (C=O) groups is 1. The molecule has 2 rings (SSSR count). The van der Waals surface area contributed by atoms with Gasteiger partial charge in [-0.1, -0.05) is 12.1 Å². The predicted octanol–water partition coefficient (Wildman–Crippen LogP) is 3.22. The number of rotatable bonds is 4. The Labute approximate surface area is 126 Å². The smallest absolute Gasteiger partial charge is 0.228 e. The highest BCUT2D eigenvalue weighted by Crippen LogP contribution is 2.23. The molecule has 20 heavy (non-hydrogen) atoms. The first kappa shape index (κ1) is 14.4. The van der Waals surface area contributed by atoms with Crippen LogP contribution in [-0.4, -0.2) is 13.0 Å². The lowest BCUT2D eigenvalue weighted by atomic mass is 10.1. The second-order valence-corrected chi connectivity index (χ2v) is 5.16. The third-order valence-corrected chi connectivity index (χ3v) is 3.53. The molecule has 0 unspecified atom stereocenters. The molecule has 0 saturated heterocycles. The molecule has 0 fully saturated rings. The number of nitrogens with one attached hydrogen (secondary N) is 1. The summed E-state index contributed by atoms with van der Waals surface area (Å²) in [4.78, 5) is 11.9. The van der Waals surface area contributed by atoms with Crippen LogP contribution in [0, 0.1) is 0 Å². The maximum Gasteiger partial charge on any atom is 0.228 e. The lowest BCUT2D eigenvalue weighted by molar-refractivity contribution is -0.115. The topological polar surface area (TPSA) is 64.3 Å². The third kappa shape index (κ3) is 3.74.